The molecule has 2 aliphatic rings. The van der Waals surface area contributed by atoms with Crippen LogP contribution in [0.15, 0.2) is 25.4 Å². The number of rotatable bonds is 9. The summed E-state index contributed by atoms with van der Waals surface area (Å²) >= 11 is 0. The van der Waals surface area contributed by atoms with E-state index in [-0.39, 0.29) is 18.3 Å². The lowest BCUT2D eigenvalue weighted by Gasteiger charge is -2.26. The van der Waals surface area contributed by atoms with Gasteiger partial charge in [-0.2, -0.15) is 13.2 Å². The van der Waals surface area contributed by atoms with Crippen LogP contribution in [0.3, 0.4) is 0 Å². The first-order valence-corrected chi connectivity index (χ1v) is 13.8. The van der Waals surface area contributed by atoms with Gasteiger partial charge in [-0.15, -0.1) is 0 Å². The molecule has 200 valence electrons. The van der Waals surface area contributed by atoms with Gasteiger partial charge in [-0.3, -0.25) is 4.98 Å². The Morgan fingerprint density at radius 3 is 2.09 bits per heavy atom. The van der Waals surface area contributed by atoms with E-state index in [2.05, 4.69) is 25.4 Å². The molecule has 2 unspecified atom stereocenters. The van der Waals surface area contributed by atoms with Gasteiger partial charge in [0.2, 0.25) is 0 Å². The fourth-order valence-electron chi connectivity index (χ4n) is 5.17. The van der Waals surface area contributed by atoms with Gasteiger partial charge in [0, 0.05) is 24.1 Å². The van der Waals surface area contributed by atoms with Crippen molar-refractivity contribution >= 4 is 6.08 Å². The molecule has 2 nitrogen and oxygen atoms in total. The minimum absolute atomic E-state index is 0.00345. The minimum Gasteiger partial charge on any atom is -0.391 e. The Morgan fingerprint density at radius 1 is 1.09 bits per heavy atom. The lowest BCUT2D eigenvalue weighted by atomic mass is 9.85. The maximum absolute atomic E-state index is 13.9. The number of hydrogen-bond acceptors (Lipinski definition) is 2. The molecule has 0 spiro atoms. The van der Waals surface area contributed by atoms with Crippen LogP contribution in [0.4, 0.5) is 13.2 Å². The van der Waals surface area contributed by atoms with Gasteiger partial charge in [-0.25, -0.2) is 0 Å². The van der Waals surface area contributed by atoms with Gasteiger partial charge in [0.1, 0.15) is 0 Å². The normalized spacial score (nSPS) is 18.1. The smallest absolute Gasteiger partial charge is 0.391 e. The van der Waals surface area contributed by atoms with Crippen molar-refractivity contribution in [1.82, 2.24) is 10.3 Å². The SMILES string of the molecule is C=CNCC(C)c1cc(C(CCC)C(F)(F)F)c(C=C)c(C2CCCC2)n1.CC.CC1CCCC1. The molecule has 0 radical (unpaired) electrons. The molecule has 0 saturated heterocycles. The highest BCUT2D eigenvalue weighted by atomic mass is 19.4. The molecule has 0 aliphatic heterocycles. The number of nitrogens with zero attached hydrogens (tertiary/aromatic N) is 1. The first-order valence-electron chi connectivity index (χ1n) is 13.8. The first-order chi connectivity index (χ1) is 16.7. The van der Waals surface area contributed by atoms with Crippen molar-refractivity contribution in [2.45, 2.75) is 123 Å². The molecule has 1 aromatic rings. The molecule has 3 rings (SSSR count). The highest BCUT2D eigenvalue weighted by Crippen LogP contribution is 2.44. The molecule has 0 aromatic carbocycles. The molecule has 1 N–H and O–H groups in total. The fraction of sp³-hybridized carbons (Fsp3) is 0.700. The van der Waals surface area contributed by atoms with E-state index >= 15 is 0 Å². The average Bonchev–Trinajstić information content (AvgIpc) is 3.55. The zero-order valence-electron chi connectivity index (χ0n) is 22.8. The topological polar surface area (TPSA) is 24.9 Å². The summed E-state index contributed by atoms with van der Waals surface area (Å²) in [6.45, 7) is 18.2. The Bertz CT molecular complexity index is 745. The van der Waals surface area contributed by atoms with Gasteiger partial charge in [-0.05, 0) is 48.6 Å². The summed E-state index contributed by atoms with van der Waals surface area (Å²) in [5, 5.41) is 3.05. The molecular weight excluding hydrogens is 445 g/mol. The number of hydrogen-bond donors (Lipinski definition) is 1. The zero-order chi connectivity index (χ0) is 26.4. The third-order valence-corrected chi connectivity index (χ3v) is 7.15. The predicted octanol–water partition coefficient (Wildman–Crippen LogP) is 9.89. The van der Waals surface area contributed by atoms with Crippen molar-refractivity contribution < 1.29 is 13.2 Å². The summed E-state index contributed by atoms with van der Waals surface area (Å²) in [5.41, 5.74) is 2.48. The van der Waals surface area contributed by atoms with E-state index in [1.165, 1.54) is 25.7 Å². The molecular formula is C30H49F3N2. The van der Waals surface area contributed by atoms with Crippen LogP contribution in [-0.4, -0.2) is 17.7 Å². The first kappa shape index (κ1) is 31.3. The van der Waals surface area contributed by atoms with Gasteiger partial charge in [-0.1, -0.05) is 98.8 Å². The van der Waals surface area contributed by atoms with E-state index in [4.69, 9.17) is 4.98 Å². The van der Waals surface area contributed by atoms with Crippen LogP contribution >= 0.6 is 0 Å². The quantitative estimate of drug-likeness (QED) is 0.369. The predicted molar refractivity (Wildman–Crippen MR) is 145 cm³/mol. The Balaban J connectivity index is 0.000000654. The van der Waals surface area contributed by atoms with Crippen LogP contribution in [-0.2, 0) is 0 Å². The molecule has 1 aromatic heterocycles. The Hall–Kier alpha value is -1.78. The Kier molecular flexibility index (Phi) is 14.3. The third-order valence-electron chi connectivity index (χ3n) is 7.15. The molecule has 5 heteroatoms. The highest BCUT2D eigenvalue weighted by molar-refractivity contribution is 5.58. The van der Waals surface area contributed by atoms with Gasteiger partial charge in [0.25, 0.3) is 0 Å². The number of halogens is 3. The van der Waals surface area contributed by atoms with E-state index < -0.39 is 12.1 Å². The maximum Gasteiger partial charge on any atom is 0.395 e. The van der Waals surface area contributed by atoms with Crippen LogP contribution in [0.2, 0.25) is 0 Å². The van der Waals surface area contributed by atoms with E-state index in [1.54, 1.807) is 25.3 Å². The second-order valence-corrected chi connectivity index (χ2v) is 9.91. The number of nitrogens with one attached hydrogen (secondary N) is 1. The molecule has 2 fully saturated rings. The van der Waals surface area contributed by atoms with E-state index in [0.29, 0.717) is 24.1 Å². The summed E-state index contributed by atoms with van der Waals surface area (Å²) in [4.78, 5) is 4.85. The van der Waals surface area contributed by atoms with E-state index in [9.17, 15) is 13.2 Å². The van der Waals surface area contributed by atoms with E-state index in [1.807, 2.05) is 20.8 Å². The molecule has 2 aliphatic carbocycles. The monoisotopic (exact) mass is 494 g/mol. The van der Waals surface area contributed by atoms with Gasteiger partial charge in [0.15, 0.2) is 0 Å². The summed E-state index contributed by atoms with van der Waals surface area (Å²) in [7, 11) is 0. The average molecular weight is 495 g/mol. The van der Waals surface area contributed by atoms with Crippen molar-refractivity contribution in [2.75, 3.05) is 6.54 Å². The molecule has 0 amide bonds. The molecule has 0 bridgehead atoms. The fourth-order valence-corrected chi connectivity index (χ4v) is 5.17. The second kappa shape index (κ2) is 16.1. The van der Waals surface area contributed by atoms with Crippen LogP contribution in [0.1, 0.15) is 139 Å². The molecule has 2 atom stereocenters. The van der Waals surface area contributed by atoms with Crippen molar-refractivity contribution in [3.8, 4) is 0 Å². The molecule has 1 heterocycles. The standard InChI is InChI=1S/C22H31F3N2.C6H12.C2H6/c1-5-10-19(22(23,24)25)18-13-20(15(4)14-26-7-3)27-21(17(18)6-2)16-11-8-9-12-16;1-6-4-2-3-5-6;1-2/h6-7,13,15-16,19,26H,2-3,5,8-12,14H2,1,4H3;6H,2-5H2,1H3;1-2H3. The minimum atomic E-state index is -4.28. The summed E-state index contributed by atoms with van der Waals surface area (Å²) < 4.78 is 41.6. The van der Waals surface area contributed by atoms with Gasteiger partial charge < -0.3 is 5.32 Å². The van der Waals surface area contributed by atoms with Gasteiger partial charge >= 0.3 is 6.18 Å². The molecule has 35 heavy (non-hydrogen) atoms. The van der Waals surface area contributed by atoms with Crippen LogP contribution in [0, 0.1) is 5.92 Å². The summed E-state index contributed by atoms with van der Waals surface area (Å²) in [5.74, 6) is -0.204. The Morgan fingerprint density at radius 2 is 1.66 bits per heavy atom. The van der Waals surface area contributed by atoms with Crippen LogP contribution in [0.5, 0.6) is 0 Å². The largest absolute Gasteiger partial charge is 0.395 e. The van der Waals surface area contributed by atoms with Gasteiger partial charge in [0.05, 0.1) is 11.6 Å². The highest BCUT2D eigenvalue weighted by Gasteiger charge is 2.42. The third kappa shape index (κ3) is 9.65. The van der Waals surface area contributed by atoms with Crippen LogP contribution < -0.4 is 5.32 Å². The van der Waals surface area contributed by atoms with E-state index in [0.717, 1.165) is 43.0 Å². The number of alkyl halides is 3. The van der Waals surface area contributed by atoms with Crippen molar-refractivity contribution in [1.29, 1.82) is 0 Å². The number of pyridine rings is 1. The lowest BCUT2D eigenvalue weighted by Crippen LogP contribution is -2.24. The summed E-state index contributed by atoms with van der Waals surface area (Å²) in [6, 6.07) is 1.67. The lowest BCUT2D eigenvalue weighted by molar-refractivity contribution is -0.152. The van der Waals surface area contributed by atoms with Crippen LogP contribution in [0.25, 0.3) is 6.08 Å². The second-order valence-electron chi connectivity index (χ2n) is 9.91. The van der Waals surface area contributed by atoms with Crippen molar-refractivity contribution in [3.63, 3.8) is 0 Å². The number of aromatic nitrogens is 1. The zero-order valence-corrected chi connectivity index (χ0v) is 22.8. The summed E-state index contributed by atoms with van der Waals surface area (Å²) in [6.07, 6.45) is 9.60. The van der Waals surface area contributed by atoms with Crippen molar-refractivity contribution in [2.24, 2.45) is 5.92 Å². The molecule has 2 saturated carbocycles. The maximum atomic E-state index is 13.9. The van der Waals surface area contributed by atoms with Crippen molar-refractivity contribution in [3.05, 3.63) is 47.9 Å². The Labute approximate surface area is 212 Å².